The fourth-order valence-corrected chi connectivity index (χ4v) is 4.82. The van der Waals surface area contributed by atoms with Crippen LogP contribution in [0.1, 0.15) is 56.0 Å². The smallest absolute Gasteiger partial charge is 0.0743 e. The van der Waals surface area contributed by atoms with Crippen molar-refractivity contribution in [2.24, 2.45) is 0 Å². The van der Waals surface area contributed by atoms with E-state index in [2.05, 4.69) is 40.9 Å². The molecule has 2 rings (SSSR count). The molecule has 2 unspecified atom stereocenters. The topological polar surface area (TPSA) is 32.3 Å². The van der Waals surface area contributed by atoms with Gasteiger partial charge < -0.3 is 10.4 Å². The third-order valence-corrected chi connectivity index (χ3v) is 5.57. The molecular formula is C14H22INOS. The van der Waals surface area contributed by atoms with Crippen molar-refractivity contribution in [3.8, 4) is 0 Å². The van der Waals surface area contributed by atoms with Crippen molar-refractivity contribution in [2.75, 3.05) is 6.54 Å². The summed E-state index contributed by atoms with van der Waals surface area (Å²) in [6.45, 7) is 4.75. The molecule has 0 bridgehead atoms. The van der Waals surface area contributed by atoms with E-state index in [9.17, 15) is 5.11 Å². The molecule has 1 heterocycles. The Morgan fingerprint density at radius 3 is 3.11 bits per heavy atom. The summed E-state index contributed by atoms with van der Waals surface area (Å²) in [7, 11) is 0. The predicted octanol–water partition coefficient (Wildman–Crippen LogP) is 3.87. The molecule has 2 N–H and O–H groups in total. The monoisotopic (exact) mass is 379 g/mol. The molecule has 0 aliphatic heterocycles. The van der Waals surface area contributed by atoms with Gasteiger partial charge in [-0.3, -0.25) is 0 Å². The fraction of sp³-hybridized carbons (Fsp3) is 0.714. The van der Waals surface area contributed by atoms with Crippen molar-refractivity contribution < 1.29 is 5.11 Å². The molecule has 0 fully saturated rings. The Hall–Kier alpha value is 0.350. The van der Waals surface area contributed by atoms with E-state index in [0.717, 1.165) is 12.8 Å². The number of hydrogen-bond acceptors (Lipinski definition) is 3. The highest BCUT2D eigenvalue weighted by Crippen LogP contribution is 2.36. The van der Waals surface area contributed by atoms with Gasteiger partial charge in [-0.2, -0.15) is 0 Å². The maximum absolute atomic E-state index is 10.2. The van der Waals surface area contributed by atoms with E-state index in [-0.39, 0.29) is 0 Å². The molecule has 1 aromatic heterocycles. The first kappa shape index (κ1) is 14.8. The minimum atomic E-state index is -0.574. The highest BCUT2D eigenvalue weighted by atomic mass is 127. The van der Waals surface area contributed by atoms with Crippen LogP contribution in [-0.2, 0) is 6.42 Å². The van der Waals surface area contributed by atoms with Crippen LogP contribution >= 0.6 is 33.9 Å². The number of aliphatic hydroxyl groups is 1. The van der Waals surface area contributed by atoms with E-state index in [1.165, 1.54) is 27.7 Å². The standard InChI is InChI=1S/C14H22INOS/c1-3-7-14(2,17)9-16-11-5-4-6-12-10(11)8-13(15)18-12/h8,11,16-17H,3-7,9H2,1-2H3. The number of rotatable bonds is 5. The Morgan fingerprint density at radius 2 is 2.39 bits per heavy atom. The molecule has 0 radical (unpaired) electrons. The van der Waals surface area contributed by atoms with E-state index < -0.39 is 5.60 Å². The maximum Gasteiger partial charge on any atom is 0.0743 e. The van der Waals surface area contributed by atoms with Crippen molar-refractivity contribution >= 4 is 33.9 Å². The zero-order valence-corrected chi connectivity index (χ0v) is 14.1. The van der Waals surface area contributed by atoms with Gasteiger partial charge in [-0.1, -0.05) is 13.3 Å². The van der Waals surface area contributed by atoms with Gasteiger partial charge in [0.05, 0.1) is 8.48 Å². The van der Waals surface area contributed by atoms with Gasteiger partial charge in [0, 0.05) is 17.5 Å². The molecule has 0 spiro atoms. The lowest BCUT2D eigenvalue weighted by Crippen LogP contribution is -2.40. The van der Waals surface area contributed by atoms with Crippen LogP contribution in [0.2, 0.25) is 0 Å². The molecule has 0 saturated heterocycles. The van der Waals surface area contributed by atoms with Gasteiger partial charge in [0.1, 0.15) is 0 Å². The van der Waals surface area contributed by atoms with E-state index >= 15 is 0 Å². The summed E-state index contributed by atoms with van der Waals surface area (Å²) in [5.41, 5.74) is 0.901. The number of halogens is 1. The molecule has 0 aromatic carbocycles. The van der Waals surface area contributed by atoms with Gasteiger partial charge >= 0.3 is 0 Å². The summed E-state index contributed by atoms with van der Waals surface area (Å²) in [5.74, 6) is 0. The quantitative estimate of drug-likeness (QED) is 0.762. The summed E-state index contributed by atoms with van der Waals surface area (Å²) in [4.78, 5) is 1.54. The van der Waals surface area contributed by atoms with E-state index in [4.69, 9.17) is 0 Å². The first-order valence-electron chi connectivity index (χ1n) is 6.76. The summed E-state index contributed by atoms with van der Waals surface area (Å²) < 4.78 is 1.38. The molecule has 102 valence electrons. The van der Waals surface area contributed by atoms with E-state index in [1.54, 1.807) is 4.88 Å². The third kappa shape index (κ3) is 3.68. The Kier molecular flexibility index (Phi) is 5.08. The van der Waals surface area contributed by atoms with Crippen LogP contribution in [-0.4, -0.2) is 17.3 Å². The first-order chi connectivity index (χ1) is 8.52. The molecule has 4 heteroatoms. The second-order valence-electron chi connectivity index (χ2n) is 5.50. The first-order valence-corrected chi connectivity index (χ1v) is 8.65. The Bertz CT molecular complexity index is 402. The fourth-order valence-electron chi connectivity index (χ4n) is 2.70. The zero-order chi connectivity index (χ0) is 13.2. The second kappa shape index (κ2) is 6.20. The highest BCUT2D eigenvalue weighted by molar-refractivity contribution is 14.1. The molecule has 0 amide bonds. The van der Waals surface area contributed by atoms with Gasteiger partial charge in [-0.25, -0.2) is 0 Å². The van der Waals surface area contributed by atoms with Crippen LogP contribution in [0.5, 0.6) is 0 Å². The SMILES string of the molecule is CCCC(C)(O)CNC1CCCc2sc(I)cc21. The summed E-state index contributed by atoms with van der Waals surface area (Å²) >= 11 is 4.33. The van der Waals surface area contributed by atoms with Crippen LogP contribution in [0.3, 0.4) is 0 Å². The number of thiophene rings is 1. The number of hydrogen-bond donors (Lipinski definition) is 2. The van der Waals surface area contributed by atoms with E-state index in [0.29, 0.717) is 12.6 Å². The summed E-state index contributed by atoms with van der Waals surface area (Å²) in [6.07, 6.45) is 5.58. The van der Waals surface area contributed by atoms with Crippen molar-refractivity contribution in [3.63, 3.8) is 0 Å². The minimum Gasteiger partial charge on any atom is -0.389 e. The molecule has 2 atom stereocenters. The van der Waals surface area contributed by atoms with Crippen molar-refractivity contribution in [1.82, 2.24) is 5.32 Å². The molecule has 18 heavy (non-hydrogen) atoms. The molecule has 1 aliphatic carbocycles. The number of nitrogens with one attached hydrogen (secondary N) is 1. The molecule has 2 nitrogen and oxygen atoms in total. The van der Waals surface area contributed by atoms with Crippen LogP contribution in [0.15, 0.2) is 6.07 Å². The van der Waals surface area contributed by atoms with Gasteiger partial charge in [0.2, 0.25) is 0 Å². The summed E-state index contributed by atoms with van der Waals surface area (Å²) in [5, 5.41) is 13.8. The Labute approximate surface area is 127 Å². The Morgan fingerprint density at radius 1 is 1.61 bits per heavy atom. The van der Waals surface area contributed by atoms with Crippen molar-refractivity contribution in [2.45, 2.75) is 57.6 Å². The maximum atomic E-state index is 10.2. The molecule has 0 saturated carbocycles. The van der Waals surface area contributed by atoms with Gasteiger partial charge in [0.25, 0.3) is 0 Å². The second-order valence-corrected chi connectivity index (χ2v) is 8.53. The van der Waals surface area contributed by atoms with Crippen molar-refractivity contribution in [1.29, 1.82) is 0 Å². The average molecular weight is 379 g/mol. The highest BCUT2D eigenvalue weighted by Gasteiger charge is 2.25. The zero-order valence-electron chi connectivity index (χ0n) is 11.1. The van der Waals surface area contributed by atoms with Gasteiger partial charge in [0.15, 0.2) is 0 Å². The lowest BCUT2D eigenvalue weighted by Gasteiger charge is -2.29. The largest absolute Gasteiger partial charge is 0.389 e. The minimum absolute atomic E-state index is 0.442. The van der Waals surface area contributed by atoms with Crippen LogP contribution < -0.4 is 5.32 Å². The number of fused-ring (bicyclic) bond motifs is 1. The van der Waals surface area contributed by atoms with E-state index in [1.807, 2.05) is 18.3 Å². The predicted molar refractivity (Wildman–Crippen MR) is 86.2 cm³/mol. The molecule has 1 aliphatic rings. The van der Waals surface area contributed by atoms with Crippen LogP contribution in [0, 0.1) is 2.88 Å². The van der Waals surface area contributed by atoms with Crippen LogP contribution in [0.4, 0.5) is 0 Å². The van der Waals surface area contributed by atoms with Crippen LogP contribution in [0.25, 0.3) is 0 Å². The lowest BCUT2D eigenvalue weighted by atomic mass is 9.92. The average Bonchev–Trinajstić information content (AvgIpc) is 2.67. The number of aryl methyl sites for hydroxylation is 1. The lowest BCUT2D eigenvalue weighted by molar-refractivity contribution is 0.0465. The van der Waals surface area contributed by atoms with Crippen molar-refractivity contribution in [3.05, 3.63) is 19.4 Å². The van der Waals surface area contributed by atoms with Gasteiger partial charge in [-0.15, -0.1) is 11.3 Å². The van der Waals surface area contributed by atoms with Gasteiger partial charge in [-0.05, 0) is 66.8 Å². The third-order valence-electron chi connectivity index (χ3n) is 3.60. The molecule has 1 aromatic rings. The molecular weight excluding hydrogens is 357 g/mol. The summed E-state index contributed by atoms with van der Waals surface area (Å²) in [6, 6.07) is 2.75. The normalized spacial score (nSPS) is 22.6. The Balaban J connectivity index is 1.99.